The van der Waals surface area contributed by atoms with Gasteiger partial charge in [-0.3, -0.25) is 15.0 Å². The average Bonchev–Trinajstić information content (AvgIpc) is 2.60. The summed E-state index contributed by atoms with van der Waals surface area (Å²) < 4.78 is 0. The van der Waals surface area contributed by atoms with Gasteiger partial charge in [-0.1, -0.05) is 19.1 Å². The molecule has 2 rings (SSSR count). The summed E-state index contributed by atoms with van der Waals surface area (Å²) in [7, 11) is 0. The van der Waals surface area contributed by atoms with Crippen molar-refractivity contribution in [2.75, 3.05) is 13.1 Å². The topological polar surface area (TPSA) is 72.4 Å². The molecule has 0 amide bonds. The lowest BCUT2D eigenvalue weighted by Crippen LogP contribution is -2.28. The maximum Gasteiger partial charge on any atom is 0.272 e. The smallest absolute Gasteiger partial charge is 0.272 e. The highest BCUT2D eigenvalue weighted by molar-refractivity contribution is 5.44. The number of nitro groups is 1. The van der Waals surface area contributed by atoms with Crippen LogP contribution in [0.4, 0.5) is 5.69 Å². The Bertz CT molecular complexity index is 452. The van der Waals surface area contributed by atoms with Crippen molar-refractivity contribution >= 4 is 5.69 Å². The van der Waals surface area contributed by atoms with Crippen molar-refractivity contribution in [1.29, 1.82) is 0 Å². The van der Waals surface area contributed by atoms with Gasteiger partial charge in [-0.2, -0.15) is 0 Å². The van der Waals surface area contributed by atoms with Crippen LogP contribution in [0.1, 0.15) is 18.1 Å². The summed E-state index contributed by atoms with van der Waals surface area (Å²) in [6.07, 6.45) is 0. The molecule has 18 heavy (non-hydrogen) atoms. The van der Waals surface area contributed by atoms with Gasteiger partial charge in [0.1, 0.15) is 0 Å². The van der Waals surface area contributed by atoms with E-state index in [1.165, 1.54) is 0 Å². The van der Waals surface area contributed by atoms with Gasteiger partial charge in [0.05, 0.1) is 4.92 Å². The highest BCUT2D eigenvalue weighted by Crippen LogP contribution is 2.24. The first kappa shape index (κ1) is 13.0. The molecule has 0 aromatic heterocycles. The summed E-state index contributed by atoms with van der Waals surface area (Å²) in [5.74, 6) is 0.490. The molecule has 1 aliphatic heterocycles. The Morgan fingerprint density at radius 2 is 2.22 bits per heavy atom. The van der Waals surface area contributed by atoms with E-state index in [9.17, 15) is 10.1 Å². The van der Waals surface area contributed by atoms with Gasteiger partial charge in [0.2, 0.25) is 0 Å². The summed E-state index contributed by atoms with van der Waals surface area (Å²) >= 11 is 0. The molecular weight excluding hydrogens is 230 g/mol. The fourth-order valence-electron chi connectivity index (χ4n) is 2.50. The van der Waals surface area contributed by atoms with E-state index in [-0.39, 0.29) is 16.7 Å². The first-order valence-electron chi connectivity index (χ1n) is 6.20. The van der Waals surface area contributed by atoms with E-state index in [1.807, 2.05) is 13.0 Å². The molecule has 98 valence electrons. The molecule has 5 heteroatoms. The molecule has 1 heterocycles. The zero-order valence-electron chi connectivity index (χ0n) is 10.8. The lowest BCUT2D eigenvalue weighted by molar-refractivity contribution is -0.385. The molecule has 1 aliphatic rings. The van der Waals surface area contributed by atoms with Crippen LogP contribution in [-0.2, 0) is 6.54 Å². The zero-order chi connectivity index (χ0) is 13.3. The van der Waals surface area contributed by atoms with Crippen molar-refractivity contribution in [1.82, 2.24) is 4.90 Å². The normalized spacial score (nSPS) is 24.4. The van der Waals surface area contributed by atoms with E-state index in [0.29, 0.717) is 5.92 Å². The molecule has 0 bridgehead atoms. The van der Waals surface area contributed by atoms with Crippen molar-refractivity contribution in [2.45, 2.75) is 26.4 Å². The van der Waals surface area contributed by atoms with E-state index in [1.54, 1.807) is 12.1 Å². The minimum Gasteiger partial charge on any atom is -0.326 e. The average molecular weight is 249 g/mol. The molecule has 1 aromatic rings. The molecule has 1 aromatic carbocycles. The van der Waals surface area contributed by atoms with Gasteiger partial charge < -0.3 is 5.73 Å². The Hall–Kier alpha value is -1.46. The molecule has 2 N–H and O–H groups in total. The summed E-state index contributed by atoms with van der Waals surface area (Å²) in [6, 6.07) is 5.47. The van der Waals surface area contributed by atoms with Crippen LogP contribution >= 0.6 is 0 Å². The fourth-order valence-corrected chi connectivity index (χ4v) is 2.50. The van der Waals surface area contributed by atoms with Gasteiger partial charge in [0.25, 0.3) is 5.69 Å². The quantitative estimate of drug-likeness (QED) is 0.653. The number of hydrogen-bond donors (Lipinski definition) is 1. The van der Waals surface area contributed by atoms with Crippen LogP contribution < -0.4 is 5.73 Å². The summed E-state index contributed by atoms with van der Waals surface area (Å²) in [5, 5.41) is 10.9. The summed E-state index contributed by atoms with van der Waals surface area (Å²) in [5.41, 5.74) is 7.97. The molecule has 0 aliphatic carbocycles. The molecule has 0 radical (unpaired) electrons. The van der Waals surface area contributed by atoms with Crippen LogP contribution in [-0.4, -0.2) is 29.0 Å². The second kappa shape index (κ2) is 5.04. The number of rotatable bonds is 3. The Labute approximate surface area is 107 Å². The standard InChI is InChI=1S/C13H19N3O2/c1-9-6-15(8-12(9)14)7-11-4-3-5-13(10(11)2)16(17)18/h3-5,9,12H,6-8,14H2,1-2H3. The van der Waals surface area contributed by atoms with E-state index >= 15 is 0 Å². The monoisotopic (exact) mass is 249 g/mol. The third kappa shape index (κ3) is 2.52. The molecule has 2 unspecified atom stereocenters. The highest BCUT2D eigenvalue weighted by atomic mass is 16.6. The summed E-state index contributed by atoms with van der Waals surface area (Å²) in [6.45, 7) is 6.52. The molecule has 2 atom stereocenters. The van der Waals surface area contributed by atoms with Crippen LogP contribution in [0, 0.1) is 23.0 Å². The van der Waals surface area contributed by atoms with Gasteiger partial charge >= 0.3 is 0 Å². The van der Waals surface area contributed by atoms with Crippen LogP contribution in [0.3, 0.4) is 0 Å². The van der Waals surface area contributed by atoms with Crippen molar-refractivity contribution in [3.05, 3.63) is 39.4 Å². The van der Waals surface area contributed by atoms with E-state index in [0.717, 1.165) is 30.8 Å². The molecule has 0 saturated carbocycles. The number of nitrogens with two attached hydrogens (primary N) is 1. The maximum absolute atomic E-state index is 10.9. The van der Waals surface area contributed by atoms with Crippen LogP contribution in [0.15, 0.2) is 18.2 Å². The number of nitro benzene ring substituents is 1. The van der Waals surface area contributed by atoms with Gasteiger partial charge in [-0.05, 0) is 18.4 Å². The maximum atomic E-state index is 10.9. The molecule has 5 nitrogen and oxygen atoms in total. The molecule has 1 fully saturated rings. The van der Waals surface area contributed by atoms with Crippen molar-refractivity contribution in [2.24, 2.45) is 11.7 Å². The fraction of sp³-hybridized carbons (Fsp3) is 0.538. The second-order valence-corrected chi connectivity index (χ2v) is 5.15. The third-order valence-corrected chi connectivity index (χ3v) is 3.75. The zero-order valence-corrected chi connectivity index (χ0v) is 10.8. The van der Waals surface area contributed by atoms with Crippen LogP contribution in [0.2, 0.25) is 0 Å². The summed E-state index contributed by atoms with van der Waals surface area (Å²) in [4.78, 5) is 12.8. The van der Waals surface area contributed by atoms with Crippen molar-refractivity contribution in [3.63, 3.8) is 0 Å². The number of nitrogens with zero attached hydrogens (tertiary/aromatic N) is 2. The predicted molar refractivity (Wildman–Crippen MR) is 70.2 cm³/mol. The first-order valence-corrected chi connectivity index (χ1v) is 6.20. The van der Waals surface area contributed by atoms with Crippen LogP contribution in [0.25, 0.3) is 0 Å². The van der Waals surface area contributed by atoms with Gasteiger partial charge in [0.15, 0.2) is 0 Å². The second-order valence-electron chi connectivity index (χ2n) is 5.15. The van der Waals surface area contributed by atoms with E-state index in [2.05, 4.69) is 11.8 Å². The Kier molecular flexibility index (Phi) is 3.63. The number of likely N-dealkylation sites (tertiary alicyclic amines) is 1. The predicted octanol–water partition coefficient (Wildman–Crippen LogP) is 1.68. The first-order chi connectivity index (χ1) is 8.49. The lowest BCUT2D eigenvalue weighted by atomic mass is 10.1. The number of benzene rings is 1. The van der Waals surface area contributed by atoms with E-state index in [4.69, 9.17) is 5.73 Å². The van der Waals surface area contributed by atoms with Crippen LogP contribution in [0.5, 0.6) is 0 Å². The SMILES string of the molecule is Cc1c(CN2CC(C)C(N)C2)cccc1[N+](=O)[O-]. The van der Waals surface area contributed by atoms with Crippen molar-refractivity contribution in [3.8, 4) is 0 Å². The van der Waals surface area contributed by atoms with Gasteiger partial charge in [-0.25, -0.2) is 0 Å². The molecular formula is C13H19N3O2. The Morgan fingerprint density at radius 3 is 2.78 bits per heavy atom. The minimum absolute atomic E-state index is 0.198. The number of hydrogen-bond acceptors (Lipinski definition) is 4. The van der Waals surface area contributed by atoms with Gasteiger partial charge in [-0.15, -0.1) is 0 Å². The largest absolute Gasteiger partial charge is 0.326 e. The molecule has 0 spiro atoms. The Balaban J connectivity index is 2.15. The van der Waals surface area contributed by atoms with E-state index < -0.39 is 0 Å². The third-order valence-electron chi connectivity index (χ3n) is 3.75. The lowest BCUT2D eigenvalue weighted by Gasteiger charge is -2.16. The highest BCUT2D eigenvalue weighted by Gasteiger charge is 2.27. The molecule has 1 saturated heterocycles. The Morgan fingerprint density at radius 1 is 1.50 bits per heavy atom. The van der Waals surface area contributed by atoms with Crippen molar-refractivity contribution < 1.29 is 4.92 Å². The minimum atomic E-state index is -0.322. The van der Waals surface area contributed by atoms with Gasteiger partial charge in [0, 0.05) is 37.3 Å².